The number of halogens is 1. The maximum atomic E-state index is 13.0. The largest absolute Gasteiger partial charge is 0.383 e. The number of amides is 1. The summed E-state index contributed by atoms with van der Waals surface area (Å²) in [4.78, 5) is 40.4. The topological polar surface area (TPSA) is 124 Å². The predicted octanol–water partition coefficient (Wildman–Crippen LogP) is 0.979. The van der Waals surface area contributed by atoms with Gasteiger partial charge in [0.2, 0.25) is 5.91 Å². The molecule has 28 heavy (non-hydrogen) atoms. The van der Waals surface area contributed by atoms with E-state index in [1.54, 1.807) is 17.5 Å². The highest BCUT2D eigenvalue weighted by atomic mass is 32.1. The summed E-state index contributed by atoms with van der Waals surface area (Å²) in [5.74, 6) is -0.855. The fraction of sp³-hybridized carbons (Fsp3) is 0.176. The molecule has 1 aromatic carbocycles. The Kier molecular flexibility index (Phi) is 5.27. The van der Waals surface area contributed by atoms with E-state index < -0.39 is 17.2 Å². The fourth-order valence-electron chi connectivity index (χ4n) is 2.44. The summed E-state index contributed by atoms with van der Waals surface area (Å²) in [6.07, 6.45) is 0. The van der Waals surface area contributed by atoms with E-state index >= 15 is 0 Å². The summed E-state index contributed by atoms with van der Waals surface area (Å²) < 4.78 is 15.0. The average molecular weight is 404 g/mol. The van der Waals surface area contributed by atoms with Crippen molar-refractivity contribution in [3.8, 4) is 11.3 Å². The lowest BCUT2D eigenvalue weighted by atomic mass is 10.2. The Bertz CT molecular complexity index is 1150. The molecule has 0 saturated carbocycles. The molecule has 0 aliphatic heterocycles. The summed E-state index contributed by atoms with van der Waals surface area (Å²) in [5.41, 5.74) is 5.89. The van der Waals surface area contributed by atoms with Crippen molar-refractivity contribution >= 4 is 33.9 Å². The second kappa shape index (κ2) is 7.64. The molecule has 0 saturated heterocycles. The van der Waals surface area contributed by atoms with Gasteiger partial charge in [-0.1, -0.05) is 0 Å². The number of rotatable bonds is 5. The van der Waals surface area contributed by atoms with Crippen LogP contribution in [0.2, 0.25) is 0 Å². The molecular weight excluding hydrogens is 387 g/mol. The monoisotopic (exact) mass is 404 g/mol. The SMILES string of the molecule is Cn1c(N)c(NCC(=O)Nc2nc(-c3ccc(F)cc3)cs2)c(=O)n(C)c1=O. The first-order valence-corrected chi connectivity index (χ1v) is 8.96. The number of benzene rings is 1. The smallest absolute Gasteiger partial charge is 0.332 e. The van der Waals surface area contributed by atoms with Gasteiger partial charge in [0.1, 0.15) is 17.3 Å². The number of carbonyl (C=O) groups is 1. The Morgan fingerprint density at radius 2 is 1.89 bits per heavy atom. The molecule has 0 bridgehead atoms. The van der Waals surface area contributed by atoms with Crippen molar-refractivity contribution in [1.82, 2.24) is 14.1 Å². The van der Waals surface area contributed by atoms with Crippen molar-refractivity contribution in [3.63, 3.8) is 0 Å². The number of hydrogen-bond acceptors (Lipinski definition) is 7. The van der Waals surface area contributed by atoms with Crippen molar-refractivity contribution < 1.29 is 9.18 Å². The molecule has 0 spiro atoms. The molecule has 3 aromatic rings. The Hall–Kier alpha value is -3.47. The van der Waals surface area contributed by atoms with Crippen LogP contribution in [-0.2, 0) is 18.9 Å². The highest BCUT2D eigenvalue weighted by molar-refractivity contribution is 7.14. The maximum absolute atomic E-state index is 13.0. The van der Waals surface area contributed by atoms with Gasteiger partial charge in [-0.25, -0.2) is 14.2 Å². The zero-order chi connectivity index (χ0) is 20.4. The minimum atomic E-state index is -0.624. The summed E-state index contributed by atoms with van der Waals surface area (Å²) >= 11 is 1.21. The second-order valence-corrected chi connectivity index (χ2v) is 6.77. The van der Waals surface area contributed by atoms with E-state index in [-0.39, 0.29) is 23.9 Å². The minimum Gasteiger partial charge on any atom is -0.383 e. The van der Waals surface area contributed by atoms with Gasteiger partial charge in [-0.15, -0.1) is 11.3 Å². The Morgan fingerprint density at radius 1 is 1.21 bits per heavy atom. The molecule has 0 radical (unpaired) electrons. The van der Waals surface area contributed by atoms with Crippen LogP contribution in [0, 0.1) is 5.82 Å². The van der Waals surface area contributed by atoms with Crippen molar-refractivity contribution in [2.24, 2.45) is 14.1 Å². The predicted molar refractivity (Wildman–Crippen MR) is 106 cm³/mol. The van der Waals surface area contributed by atoms with Crippen LogP contribution in [-0.4, -0.2) is 26.6 Å². The highest BCUT2D eigenvalue weighted by Crippen LogP contribution is 2.25. The summed E-state index contributed by atoms with van der Waals surface area (Å²) in [7, 11) is 2.75. The van der Waals surface area contributed by atoms with Gasteiger partial charge in [-0.05, 0) is 24.3 Å². The molecule has 0 aliphatic rings. The van der Waals surface area contributed by atoms with Crippen LogP contribution in [0.5, 0.6) is 0 Å². The van der Waals surface area contributed by atoms with E-state index in [0.717, 1.165) is 14.7 Å². The summed E-state index contributed by atoms with van der Waals surface area (Å²) in [5, 5.41) is 7.35. The molecule has 11 heteroatoms. The van der Waals surface area contributed by atoms with E-state index in [2.05, 4.69) is 15.6 Å². The third kappa shape index (κ3) is 3.78. The van der Waals surface area contributed by atoms with Crippen LogP contribution < -0.4 is 27.6 Å². The van der Waals surface area contributed by atoms with Crippen molar-refractivity contribution in [1.29, 1.82) is 0 Å². The number of nitrogen functional groups attached to an aromatic ring is 1. The first-order valence-electron chi connectivity index (χ1n) is 8.08. The Morgan fingerprint density at radius 3 is 2.57 bits per heavy atom. The number of nitrogens with two attached hydrogens (primary N) is 1. The van der Waals surface area contributed by atoms with Gasteiger partial charge < -0.3 is 16.4 Å². The standard InChI is InChI=1S/C17H17FN6O3S/c1-23-14(19)13(15(26)24(2)17(23)27)20-7-12(25)22-16-21-11(8-28-16)9-3-5-10(18)6-4-9/h3-6,8,20H,7,19H2,1-2H3,(H,21,22,25). The van der Waals surface area contributed by atoms with Crippen molar-refractivity contribution in [2.45, 2.75) is 0 Å². The van der Waals surface area contributed by atoms with Gasteiger partial charge in [0, 0.05) is 25.0 Å². The second-order valence-electron chi connectivity index (χ2n) is 5.91. The molecule has 1 amide bonds. The Labute approximate surface area is 162 Å². The van der Waals surface area contributed by atoms with E-state index in [1.165, 1.54) is 37.6 Å². The molecular formula is C17H17FN6O3S. The van der Waals surface area contributed by atoms with Gasteiger partial charge in [-0.2, -0.15) is 0 Å². The van der Waals surface area contributed by atoms with Crippen molar-refractivity contribution in [3.05, 3.63) is 56.3 Å². The van der Waals surface area contributed by atoms with Crippen LogP contribution in [0.3, 0.4) is 0 Å². The summed E-state index contributed by atoms with van der Waals surface area (Å²) in [6, 6.07) is 5.84. The third-order valence-electron chi connectivity index (χ3n) is 4.03. The van der Waals surface area contributed by atoms with E-state index in [0.29, 0.717) is 10.8 Å². The van der Waals surface area contributed by atoms with Gasteiger partial charge in [0.25, 0.3) is 5.56 Å². The van der Waals surface area contributed by atoms with Gasteiger partial charge >= 0.3 is 5.69 Å². The lowest BCUT2D eigenvalue weighted by Crippen LogP contribution is -2.40. The molecule has 146 valence electrons. The molecule has 4 N–H and O–H groups in total. The van der Waals surface area contributed by atoms with Crippen LogP contribution in [0.4, 0.5) is 21.0 Å². The number of anilines is 3. The number of hydrogen-bond donors (Lipinski definition) is 3. The quantitative estimate of drug-likeness (QED) is 0.582. The van der Waals surface area contributed by atoms with Crippen LogP contribution >= 0.6 is 11.3 Å². The van der Waals surface area contributed by atoms with Crippen LogP contribution in [0.15, 0.2) is 39.2 Å². The zero-order valence-corrected chi connectivity index (χ0v) is 15.8. The number of carbonyl (C=O) groups excluding carboxylic acids is 1. The van der Waals surface area contributed by atoms with Gasteiger partial charge in [-0.3, -0.25) is 18.7 Å². The fourth-order valence-corrected chi connectivity index (χ4v) is 3.18. The lowest BCUT2D eigenvalue weighted by molar-refractivity contribution is -0.114. The normalized spacial score (nSPS) is 10.7. The number of nitrogens with one attached hydrogen (secondary N) is 2. The molecule has 0 unspecified atom stereocenters. The first kappa shape index (κ1) is 19.3. The third-order valence-corrected chi connectivity index (χ3v) is 4.78. The number of aromatic nitrogens is 3. The minimum absolute atomic E-state index is 0.0362. The van der Waals surface area contributed by atoms with Gasteiger partial charge in [0.05, 0.1) is 12.2 Å². The lowest BCUT2D eigenvalue weighted by Gasteiger charge is -2.12. The number of thiazole rings is 1. The zero-order valence-electron chi connectivity index (χ0n) is 15.0. The van der Waals surface area contributed by atoms with E-state index in [4.69, 9.17) is 5.73 Å². The maximum Gasteiger partial charge on any atom is 0.332 e. The van der Waals surface area contributed by atoms with E-state index in [9.17, 15) is 18.8 Å². The summed E-state index contributed by atoms with van der Waals surface area (Å²) in [6.45, 7) is -0.247. The molecule has 0 fully saturated rings. The molecule has 0 atom stereocenters. The van der Waals surface area contributed by atoms with Crippen LogP contribution in [0.1, 0.15) is 0 Å². The number of nitrogens with zero attached hydrogens (tertiary/aromatic N) is 3. The molecule has 2 aromatic heterocycles. The molecule has 2 heterocycles. The van der Waals surface area contributed by atoms with Gasteiger partial charge in [0.15, 0.2) is 5.13 Å². The highest BCUT2D eigenvalue weighted by Gasteiger charge is 2.14. The molecule has 3 rings (SSSR count). The van der Waals surface area contributed by atoms with Crippen LogP contribution in [0.25, 0.3) is 11.3 Å². The van der Waals surface area contributed by atoms with Crippen molar-refractivity contribution in [2.75, 3.05) is 22.9 Å². The Balaban J connectivity index is 1.68. The average Bonchev–Trinajstić information content (AvgIpc) is 3.13. The van der Waals surface area contributed by atoms with E-state index in [1.807, 2.05) is 0 Å². The molecule has 9 nitrogen and oxygen atoms in total. The first-order chi connectivity index (χ1) is 13.3. The molecule has 0 aliphatic carbocycles.